The van der Waals surface area contributed by atoms with Gasteiger partial charge in [-0.25, -0.2) is 9.37 Å². The van der Waals surface area contributed by atoms with Crippen LogP contribution in [-0.2, 0) is 5.41 Å². The topological polar surface area (TPSA) is 62.2 Å². The van der Waals surface area contributed by atoms with Gasteiger partial charge in [0.2, 0.25) is 5.95 Å². The molecule has 1 N–H and O–H groups in total. The lowest BCUT2D eigenvalue weighted by Crippen LogP contribution is -2.45. The second-order valence-corrected chi connectivity index (χ2v) is 11.2. The van der Waals surface area contributed by atoms with Gasteiger partial charge in [-0.3, -0.25) is 0 Å². The van der Waals surface area contributed by atoms with Crippen molar-refractivity contribution in [3.05, 3.63) is 58.4 Å². The summed E-state index contributed by atoms with van der Waals surface area (Å²) in [5.41, 5.74) is 3.65. The molecule has 2 heterocycles. The highest BCUT2D eigenvalue weighted by Gasteiger charge is 2.63. The summed E-state index contributed by atoms with van der Waals surface area (Å²) in [6.07, 6.45) is 4.47. The Labute approximate surface area is 216 Å². The first kappa shape index (κ1) is 23.7. The molecule has 2 saturated carbocycles. The molecule has 0 spiro atoms. The SMILES string of the molecule is CN1CCN(CCCN(c2nc3cc(Cl)c(F)cc3[nH]2)[C@@H]2CC[C@]3(c4ccc(C#N)cc4)CC23)CC1. The van der Waals surface area contributed by atoms with E-state index in [-0.39, 0.29) is 10.4 Å². The van der Waals surface area contributed by atoms with Gasteiger partial charge >= 0.3 is 0 Å². The van der Waals surface area contributed by atoms with Crippen molar-refractivity contribution in [2.24, 2.45) is 5.92 Å². The van der Waals surface area contributed by atoms with Crippen LogP contribution in [0, 0.1) is 23.1 Å². The highest BCUT2D eigenvalue weighted by atomic mass is 35.5. The molecule has 2 aliphatic carbocycles. The normalized spacial score (nSPS) is 26.2. The first-order valence-electron chi connectivity index (χ1n) is 13.0. The number of benzene rings is 2. The van der Waals surface area contributed by atoms with Gasteiger partial charge in [-0.1, -0.05) is 23.7 Å². The number of fused-ring (bicyclic) bond motifs is 2. The quantitative estimate of drug-likeness (QED) is 0.499. The molecule has 1 aliphatic heterocycles. The van der Waals surface area contributed by atoms with Gasteiger partial charge < -0.3 is 19.7 Å². The van der Waals surface area contributed by atoms with Crippen molar-refractivity contribution in [3.63, 3.8) is 0 Å². The number of anilines is 1. The van der Waals surface area contributed by atoms with Crippen molar-refractivity contribution in [2.45, 2.75) is 37.1 Å². The van der Waals surface area contributed by atoms with E-state index in [0.717, 1.165) is 64.5 Å². The van der Waals surface area contributed by atoms with Crippen LogP contribution in [0.4, 0.5) is 10.3 Å². The average Bonchev–Trinajstić information content (AvgIpc) is 3.30. The number of H-pyrrole nitrogens is 1. The molecule has 1 unspecified atom stereocenters. The van der Waals surface area contributed by atoms with Crippen molar-refractivity contribution in [2.75, 3.05) is 51.2 Å². The largest absolute Gasteiger partial charge is 0.339 e. The lowest BCUT2D eigenvalue weighted by molar-refractivity contribution is 0.153. The molecule has 6 rings (SSSR count). The second kappa shape index (κ2) is 9.33. The third kappa shape index (κ3) is 4.26. The van der Waals surface area contributed by atoms with Crippen LogP contribution >= 0.6 is 11.6 Å². The van der Waals surface area contributed by atoms with E-state index in [0.29, 0.717) is 28.6 Å². The Morgan fingerprint density at radius 1 is 1.22 bits per heavy atom. The molecule has 1 saturated heterocycles. The molecule has 1 aromatic heterocycles. The minimum Gasteiger partial charge on any atom is -0.339 e. The summed E-state index contributed by atoms with van der Waals surface area (Å²) in [7, 11) is 2.19. The van der Waals surface area contributed by atoms with E-state index in [1.807, 2.05) is 12.1 Å². The summed E-state index contributed by atoms with van der Waals surface area (Å²) in [6.45, 7) is 6.46. The Kier molecular flexibility index (Phi) is 6.15. The summed E-state index contributed by atoms with van der Waals surface area (Å²) in [5, 5.41) is 9.29. The molecular formula is C28H32ClFN6. The summed E-state index contributed by atoms with van der Waals surface area (Å²) < 4.78 is 14.1. The summed E-state index contributed by atoms with van der Waals surface area (Å²) >= 11 is 6.05. The number of aromatic amines is 1. The zero-order chi connectivity index (χ0) is 24.9. The van der Waals surface area contributed by atoms with Crippen molar-refractivity contribution < 1.29 is 4.39 Å². The summed E-state index contributed by atoms with van der Waals surface area (Å²) in [6, 6.07) is 13.8. The van der Waals surface area contributed by atoms with Crippen LogP contribution in [0.1, 0.15) is 36.8 Å². The maximum atomic E-state index is 14.1. The highest BCUT2D eigenvalue weighted by molar-refractivity contribution is 6.31. The van der Waals surface area contributed by atoms with Crippen LogP contribution < -0.4 is 4.90 Å². The Morgan fingerprint density at radius 3 is 2.72 bits per heavy atom. The number of imidazole rings is 1. The first-order chi connectivity index (χ1) is 17.5. The molecule has 3 aromatic rings. The van der Waals surface area contributed by atoms with E-state index < -0.39 is 5.82 Å². The number of hydrogen-bond donors (Lipinski definition) is 1. The molecule has 36 heavy (non-hydrogen) atoms. The smallest absolute Gasteiger partial charge is 0.204 e. The molecule has 0 amide bonds. The zero-order valence-corrected chi connectivity index (χ0v) is 21.4. The third-order valence-corrected chi connectivity index (χ3v) is 9.02. The van der Waals surface area contributed by atoms with Crippen molar-refractivity contribution in [1.29, 1.82) is 5.26 Å². The molecule has 2 aromatic carbocycles. The molecule has 3 atom stereocenters. The number of likely N-dealkylation sites (N-methyl/N-ethyl adjacent to an activating group) is 1. The van der Waals surface area contributed by atoms with Crippen LogP contribution in [0.25, 0.3) is 11.0 Å². The lowest BCUT2D eigenvalue weighted by atomic mass is 9.93. The van der Waals surface area contributed by atoms with Gasteiger partial charge in [0.05, 0.1) is 27.7 Å². The van der Waals surface area contributed by atoms with Crippen molar-refractivity contribution >= 4 is 28.6 Å². The van der Waals surface area contributed by atoms with Crippen LogP contribution in [-0.4, -0.2) is 72.1 Å². The Bertz CT molecular complexity index is 1250. The molecule has 0 radical (unpaired) electrons. The molecule has 3 fully saturated rings. The van der Waals surface area contributed by atoms with Gasteiger partial charge in [0.25, 0.3) is 0 Å². The number of piperazine rings is 1. The molecule has 3 aliphatic rings. The summed E-state index contributed by atoms with van der Waals surface area (Å²) in [4.78, 5) is 15.7. The molecule has 0 bridgehead atoms. The van der Waals surface area contributed by atoms with Gasteiger partial charge in [0.15, 0.2) is 0 Å². The van der Waals surface area contributed by atoms with Crippen LogP contribution in [0.2, 0.25) is 5.02 Å². The maximum absolute atomic E-state index is 14.1. The van der Waals surface area contributed by atoms with E-state index in [1.54, 1.807) is 6.07 Å². The third-order valence-electron chi connectivity index (χ3n) is 8.73. The first-order valence-corrected chi connectivity index (χ1v) is 13.4. The molecule has 8 heteroatoms. The van der Waals surface area contributed by atoms with Gasteiger partial charge in [-0.2, -0.15) is 5.26 Å². The van der Waals surface area contributed by atoms with Gasteiger partial charge in [-0.15, -0.1) is 0 Å². The van der Waals surface area contributed by atoms with E-state index in [9.17, 15) is 9.65 Å². The number of halogens is 2. The van der Waals surface area contributed by atoms with Crippen molar-refractivity contribution in [3.8, 4) is 6.07 Å². The number of aromatic nitrogens is 2. The monoisotopic (exact) mass is 506 g/mol. The number of rotatable bonds is 7. The lowest BCUT2D eigenvalue weighted by Gasteiger charge is -2.34. The Hall–Kier alpha value is -2.66. The predicted octanol–water partition coefficient (Wildman–Crippen LogP) is 4.79. The second-order valence-electron chi connectivity index (χ2n) is 10.8. The highest BCUT2D eigenvalue weighted by Crippen LogP contribution is 2.65. The van der Waals surface area contributed by atoms with Gasteiger partial charge in [0, 0.05) is 50.2 Å². The van der Waals surface area contributed by atoms with Crippen LogP contribution in [0.15, 0.2) is 36.4 Å². The van der Waals surface area contributed by atoms with Crippen LogP contribution in [0.5, 0.6) is 0 Å². The Morgan fingerprint density at radius 2 is 2.00 bits per heavy atom. The fourth-order valence-corrected chi connectivity index (χ4v) is 6.71. The minimum absolute atomic E-state index is 0.102. The fraction of sp³-hybridized carbons (Fsp3) is 0.500. The van der Waals surface area contributed by atoms with Gasteiger partial charge in [0.1, 0.15) is 5.82 Å². The minimum atomic E-state index is -0.427. The molecule has 188 valence electrons. The average molecular weight is 507 g/mol. The standard InChI is InChI=1S/C28H32ClFN6/c1-34-11-13-35(14-12-34)9-2-10-36(27-32-24-15-22(29)23(30)16-25(24)33-27)26-7-8-28(17-21(26)28)20-5-3-19(18-31)4-6-20/h3-6,15-16,21,26H,2,7-14,17H2,1H3,(H,32,33)/t21?,26-,28-/m1/s1. The Balaban J connectivity index is 1.24. The number of nitrogens with one attached hydrogen (secondary N) is 1. The molecular weight excluding hydrogens is 475 g/mol. The van der Waals surface area contributed by atoms with E-state index in [2.05, 4.69) is 44.9 Å². The van der Waals surface area contributed by atoms with Crippen LogP contribution in [0.3, 0.4) is 0 Å². The predicted molar refractivity (Wildman–Crippen MR) is 141 cm³/mol. The van der Waals surface area contributed by atoms with E-state index >= 15 is 0 Å². The van der Waals surface area contributed by atoms with E-state index in [1.165, 1.54) is 18.1 Å². The van der Waals surface area contributed by atoms with Gasteiger partial charge in [-0.05, 0) is 69.0 Å². The zero-order valence-electron chi connectivity index (χ0n) is 20.7. The molecule has 6 nitrogen and oxygen atoms in total. The van der Waals surface area contributed by atoms with E-state index in [4.69, 9.17) is 16.6 Å². The fourth-order valence-electron chi connectivity index (χ4n) is 6.55. The summed E-state index contributed by atoms with van der Waals surface area (Å²) in [5.74, 6) is 0.948. The number of nitrogens with zero attached hydrogens (tertiary/aromatic N) is 5. The number of hydrogen-bond acceptors (Lipinski definition) is 5. The number of nitriles is 1. The maximum Gasteiger partial charge on any atom is 0.204 e. The van der Waals surface area contributed by atoms with Crippen molar-refractivity contribution in [1.82, 2.24) is 19.8 Å².